The van der Waals surface area contributed by atoms with Crippen LogP contribution in [0, 0.1) is 0 Å². The summed E-state index contributed by atoms with van der Waals surface area (Å²) in [5.74, 6) is 0.348. The Morgan fingerprint density at radius 1 is 1.43 bits per heavy atom. The maximum absolute atomic E-state index is 12.5. The lowest BCUT2D eigenvalue weighted by Crippen LogP contribution is -2.52. The Labute approximate surface area is 133 Å². The Morgan fingerprint density at radius 3 is 2.52 bits per heavy atom. The summed E-state index contributed by atoms with van der Waals surface area (Å²) < 4.78 is 6.12. The molecule has 2 N–H and O–H groups in total. The summed E-state index contributed by atoms with van der Waals surface area (Å²) in [6.07, 6.45) is 0.744. The largest absolute Gasteiger partial charge is 0.477 e. The van der Waals surface area contributed by atoms with Crippen molar-refractivity contribution in [1.29, 1.82) is 0 Å². The van der Waals surface area contributed by atoms with Gasteiger partial charge in [0.15, 0.2) is 6.73 Å². The Balaban J connectivity index is 0.00000106. The van der Waals surface area contributed by atoms with Gasteiger partial charge in [0.2, 0.25) is 0 Å². The first-order chi connectivity index (χ1) is 9.86. The van der Waals surface area contributed by atoms with Crippen molar-refractivity contribution in [3.63, 3.8) is 0 Å². The van der Waals surface area contributed by atoms with E-state index in [9.17, 15) is 9.59 Å². The predicted octanol–water partition coefficient (Wildman–Crippen LogP) is 2.50. The van der Waals surface area contributed by atoms with Crippen LogP contribution in [-0.4, -0.2) is 36.4 Å². The maximum atomic E-state index is 12.5. The van der Waals surface area contributed by atoms with Crippen molar-refractivity contribution < 1.29 is 14.3 Å². The van der Waals surface area contributed by atoms with Crippen LogP contribution in [0.1, 0.15) is 25.6 Å². The Kier molecular flexibility index (Phi) is 5.95. The average Bonchev–Trinajstić information content (AvgIpc) is 2.87. The zero-order chi connectivity index (χ0) is 16.2. The van der Waals surface area contributed by atoms with Gasteiger partial charge in [0.1, 0.15) is 12.0 Å². The number of rotatable bonds is 3. The van der Waals surface area contributed by atoms with E-state index in [-0.39, 0.29) is 12.6 Å². The molecule has 1 amide bonds. The van der Waals surface area contributed by atoms with Gasteiger partial charge in [-0.25, -0.2) is 0 Å². The quantitative estimate of drug-likeness (QED) is 0.864. The molecule has 1 aromatic rings. The van der Waals surface area contributed by atoms with Crippen LogP contribution < -0.4 is 5.73 Å². The summed E-state index contributed by atoms with van der Waals surface area (Å²) >= 11 is 7.22. The molecule has 5 nitrogen and oxygen atoms in total. The van der Waals surface area contributed by atoms with Gasteiger partial charge < -0.3 is 15.3 Å². The number of amides is 1. The van der Waals surface area contributed by atoms with E-state index in [1.165, 1.54) is 23.3 Å². The molecule has 0 bridgehead atoms. The average molecular weight is 331 g/mol. The van der Waals surface area contributed by atoms with Gasteiger partial charge in [-0.1, -0.05) is 11.6 Å². The first kappa shape index (κ1) is 17.7. The standard InChI is InChI=1S/C13H14ClNO3S.CH5N/c1-8-11(9-4-5-10(14)19-9)12(17)15(7-18-8)13(2,3)6-16;1-2/h4-6H,7H2,1-3H3;2H2,1H3. The van der Waals surface area contributed by atoms with Gasteiger partial charge in [0.05, 0.1) is 15.4 Å². The molecular weight excluding hydrogens is 312 g/mol. The summed E-state index contributed by atoms with van der Waals surface area (Å²) in [5.41, 5.74) is 4.07. The van der Waals surface area contributed by atoms with E-state index in [0.29, 0.717) is 15.7 Å². The molecule has 2 rings (SSSR count). The number of carbonyl (C=O) groups is 2. The van der Waals surface area contributed by atoms with Crippen LogP contribution in [0.4, 0.5) is 0 Å². The molecule has 7 heteroatoms. The highest BCUT2D eigenvalue weighted by Gasteiger charge is 2.37. The molecule has 0 radical (unpaired) electrons. The third-order valence-corrected chi connectivity index (χ3v) is 4.27. The van der Waals surface area contributed by atoms with E-state index in [4.69, 9.17) is 16.3 Å². The van der Waals surface area contributed by atoms with Crippen LogP contribution in [0.3, 0.4) is 0 Å². The highest BCUT2D eigenvalue weighted by atomic mass is 35.5. The summed E-state index contributed by atoms with van der Waals surface area (Å²) in [4.78, 5) is 25.8. The van der Waals surface area contributed by atoms with Gasteiger partial charge >= 0.3 is 0 Å². The number of carbonyl (C=O) groups excluding carboxylic acids is 2. The molecule has 2 heterocycles. The minimum absolute atomic E-state index is 0.0824. The second-order valence-electron chi connectivity index (χ2n) is 4.81. The van der Waals surface area contributed by atoms with Crippen LogP contribution in [0.25, 0.3) is 5.57 Å². The molecule has 1 aliphatic rings. The summed E-state index contributed by atoms with van der Waals surface area (Å²) in [6.45, 7) is 5.19. The lowest BCUT2D eigenvalue weighted by Gasteiger charge is -2.37. The first-order valence-electron chi connectivity index (χ1n) is 6.32. The number of allylic oxidation sites excluding steroid dienone is 1. The van der Waals surface area contributed by atoms with Crippen molar-refractivity contribution in [2.45, 2.75) is 26.3 Å². The molecule has 0 saturated heterocycles. The lowest BCUT2D eigenvalue weighted by molar-refractivity contribution is -0.143. The third kappa shape index (κ3) is 3.64. The number of hydrogen-bond acceptors (Lipinski definition) is 5. The van der Waals surface area contributed by atoms with Gasteiger partial charge in [-0.3, -0.25) is 9.69 Å². The topological polar surface area (TPSA) is 72.6 Å². The number of nitrogens with two attached hydrogens (primary N) is 1. The minimum Gasteiger partial charge on any atom is -0.477 e. The van der Waals surface area contributed by atoms with Crippen molar-refractivity contribution in [3.8, 4) is 0 Å². The first-order valence-corrected chi connectivity index (χ1v) is 7.51. The van der Waals surface area contributed by atoms with Gasteiger partial charge in [-0.2, -0.15) is 0 Å². The molecule has 0 saturated carbocycles. The second kappa shape index (κ2) is 7.06. The molecule has 1 aromatic heterocycles. The van der Waals surface area contributed by atoms with Crippen molar-refractivity contribution in [1.82, 2.24) is 4.90 Å². The number of hydrogen-bond donors (Lipinski definition) is 1. The SMILES string of the molecule is CC1=C(c2ccc(Cl)s2)C(=O)N(C(C)(C)C=O)CO1.CN. The molecule has 116 valence electrons. The van der Waals surface area contributed by atoms with Crippen LogP contribution in [0.5, 0.6) is 0 Å². The van der Waals surface area contributed by atoms with E-state index in [1.807, 2.05) is 0 Å². The predicted molar refractivity (Wildman–Crippen MR) is 85.0 cm³/mol. The van der Waals surface area contributed by atoms with E-state index >= 15 is 0 Å². The normalized spacial score (nSPS) is 15.3. The maximum Gasteiger partial charge on any atom is 0.262 e. The van der Waals surface area contributed by atoms with Crippen LogP contribution in [0.15, 0.2) is 17.9 Å². The van der Waals surface area contributed by atoms with Crippen LogP contribution in [-0.2, 0) is 14.3 Å². The number of ether oxygens (including phenoxy) is 1. The molecule has 0 aliphatic carbocycles. The van der Waals surface area contributed by atoms with Crippen LogP contribution in [0.2, 0.25) is 4.34 Å². The monoisotopic (exact) mass is 330 g/mol. The fourth-order valence-corrected chi connectivity index (χ4v) is 2.92. The van der Waals surface area contributed by atoms with Gasteiger partial charge in [0.25, 0.3) is 5.91 Å². The summed E-state index contributed by atoms with van der Waals surface area (Å²) in [6, 6.07) is 3.52. The van der Waals surface area contributed by atoms with Gasteiger partial charge in [-0.15, -0.1) is 11.3 Å². The van der Waals surface area contributed by atoms with Crippen molar-refractivity contribution in [2.24, 2.45) is 5.73 Å². The summed E-state index contributed by atoms with van der Waals surface area (Å²) in [7, 11) is 1.50. The zero-order valence-corrected chi connectivity index (χ0v) is 14.0. The molecule has 0 aromatic carbocycles. The van der Waals surface area contributed by atoms with Crippen LogP contribution >= 0.6 is 22.9 Å². The van der Waals surface area contributed by atoms with Gasteiger partial charge in [0, 0.05) is 4.88 Å². The smallest absolute Gasteiger partial charge is 0.262 e. The molecule has 21 heavy (non-hydrogen) atoms. The molecule has 1 aliphatic heterocycles. The highest BCUT2D eigenvalue weighted by Crippen LogP contribution is 2.34. The Bertz CT molecular complexity index is 566. The van der Waals surface area contributed by atoms with Crippen molar-refractivity contribution in [3.05, 3.63) is 27.1 Å². The second-order valence-corrected chi connectivity index (χ2v) is 6.53. The van der Waals surface area contributed by atoms with Crippen molar-refractivity contribution in [2.75, 3.05) is 13.8 Å². The third-order valence-electron chi connectivity index (χ3n) is 3.02. The number of thiophene rings is 1. The van der Waals surface area contributed by atoms with Gasteiger partial charge in [-0.05, 0) is 40.0 Å². The summed E-state index contributed by atoms with van der Waals surface area (Å²) in [5, 5.41) is 0. The van der Waals surface area contributed by atoms with E-state index < -0.39 is 5.54 Å². The van der Waals surface area contributed by atoms with Crippen molar-refractivity contribution >= 4 is 40.7 Å². The number of halogens is 1. The molecule has 0 atom stereocenters. The Morgan fingerprint density at radius 2 is 2.05 bits per heavy atom. The zero-order valence-electron chi connectivity index (χ0n) is 12.5. The lowest BCUT2D eigenvalue weighted by atomic mass is 10.0. The fraction of sp³-hybridized carbons (Fsp3) is 0.429. The molecule has 0 fully saturated rings. The molecule has 0 spiro atoms. The van der Waals surface area contributed by atoms with E-state index in [0.717, 1.165) is 11.2 Å². The molecular formula is C14H19ClN2O3S. The number of aldehydes is 1. The van der Waals surface area contributed by atoms with E-state index in [1.54, 1.807) is 32.9 Å². The fourth-order valence-electron chi connectivity index (χ4n) is 1.80. The highest BCUT2D eigenvalue weighted by molar-refractivity contribution is 7.17. The van der Waals surface area contributed by atoms with E-state index in [2.05, 4.69) is 5.73 Å². The molecule has 0 unspecified atom stereocenters. The Hall–Kier alpha value is -1.37. The minimum atomic E-state index is -0.899. The number of nitrogens with zero attached hydrogens (tertiary/aromatic N) is 1.